The molecule has 4 rings (SSSR count). The minimum absolute atomic E-state index is 0.588. The highest BCUT2D eigenvalue weighted by atomic mass is 32.2. The fourth-order valence-electron chi connectivity index (χ4n) is 2.99. The highest BCUT2D eigenvalue weighted by Crippen LogP contribution is 2.16. The Balaban J connectivity index is 1.53. The molecule has 5 nitrogen and oxygen atoms in total. The Morgan fingerprint density at radius 1 is 1.11 bits per heavy atom. The van der Waals surface area contributed by atoms with E-state index in [0.29, 0.717) is 6.04 Å². The zero-order valence-corrected chi connectivity index (χ0v) is 11.7. The number of rotatable bonds is 2. The van der Waals surface area contributed by atoms with Crippen molar-refractivity contribution in [3.05, 3.63) is 0 Å². The largest absolute Gasteiger partial charge is 0.370 e. The van der Waals surface area contributed by atoms with Crippen molar-refractivity contribution >= 4 is 17.7 Å². The average molecular weight is 269 g/mol. The second-order valence-corrected chi connectivity index (χ2v) is 6.51. The first-order chi connectivity index (χ1) is 8.83. The molecule has 2 N–H and O–H groups in total. The molecule has 0 amide bonds. The van der Waals surface area contributed by atoms with Gasteiger partial charge in [-0.3, -0.25) is 14.8 Å². The molecule has 18 heavy (non-hydrogen) atoms. The van der Waals surface area contributed by atoms with Gasteiger partial charge >= 0.3 is 0 Å². The van der Waals surface area contributed by atoms with Gasteiger partial charge in [0.05, 0.1) is 6.54 Å². The van der Waals surface area contributed by atoms with E-state index in [4.69, 9.17) is 5.73 Å². The molecule has 0 spiro atoms. The fraction of sp³-hybridized carbons (Fsp3) is 0.917. The SMILES string of the molecule is NC(=NCC1CN2CCN1CC2)N1CCSCC1. The first-order valence-corrected chi connectivity index (χ1v) is 8.07. The molecule has 4 aliphatic heterocycles. The molecule has 2 bridgehead atoms. The summed E-state index contributed by atoms with van der Waals surface area (Å²) in [5, 5.41) is 0. The van der Waals surface area contributed by atoms with Crippen LogP contribution in [0.2, 0.25) is 0 Å². The van der Waals surface area contributed by atoms with E-state index in [1.807, 2.05) is 11.8 Å². The molecule has 102 valence electrons. The smallest absolute Gasteiger partial charge is 0.191 e. The molecule has 0 aromatic carbocycles. The number of nitrogens with zero attached hydrogens (tertiary/aromatic N) is 4. The van der Waals surface area contributed by atoms with Crippen LogP contribution in [0.15, 0.2) is 4.99 Å². The van der Waals surface area contributed by atoms with E-state index in [1.54, 1.807) is 0 Å². The van der Waals surface area contributed by atoms with Gasteiger partial charge in [0, 0.05) is 63.4 Å². The Hall–Kier alpha value is -0.460. The average Bonchev–Trinajstić information content (AvgIpc) is 2.47. The van der Waals surface area contributed by atoms with Crippen LogP contribution in [0.3, 0.4) is 0 Å². The second-order valence-electron chi connectivity index (χ2n) is 5.29. The first-order valence-electron chi connectivity index (χ1n) is 6.92. The van der Waals surface area contributed by atoms with E-state index >= 15 is 0 Å². The van der Waals surface area contributed by atoms with Crippen molar-refractivity contribution in [1.82, 2.24) is 14.7 Å². The van der Waals surface area contributed by atoms with Gasteiger partial charge in [0.15, 0.2) is 5.96 Å². The van der Waals surface area contributed by atoms with E-state index in [0.717, 1.165) is 25.6 Å². The van der Waals surface area contributed by atoms with Crippen molar-refractivity contribution < 1.29 is 0 Å². The molecular weight excluding hydrogens is 246 g/mol. The molecule has 4 saturated heterocycles. The minimum Gasteiger partial charge on any atom is -0.370 e. The third kappa shape index (κ3) is 2.75. The van der Waals surface area contributed by atoms with Gasteiger partial charge in [-0.15, -0.1) is 0 Å². The topological polar surface area (TPSA) is 48.1 Å². The molecule has 1 atom stereocenters. The van der Waals surface area contributed by atoms with Crippen molar-refractivity contribution in [3.8, 4) is 0 Å². The lowest BCUT2D eigenvalue weighted by Gasteiger charge is -2.47. The van der Waals surface area contributed by atoms with Crippen LogP contribution in [0.5, 0.6) is 0 Å². The maximum absolute atomic E-state index is 6.10. The van der Waals surface area contributed by atoms with E-state index < -0.39 is 0 Å². The lowest BCUT2D eigenvalue weighted by atomic mass is 10.1. The van der Waals surface area contributed by atoms with Crippen LogP contribution in [-0.4, -0.2) is 90.6 Å². The summed E-state index contributed by atoms with van der Waals surface area (Å²) in [6.07, 6.45) is 0. The van der Waals surface area contributed by atoms with Gasteiger partial charge in [0.25, 0.3) is 0 Å². The zero-order valence-electron chi connectivity index (χ0n) is 10.9. The molecule has 4 aliphatic rings. The van der Waals surface area contributed by atoms with Crippen molar-refractivity contribution in [1.29, 1.82) is 0 Å². The quantitative estimate of drug-likeness (QED) is 0.533. The predicted octanol–water partition coefficient (Wildman–Crippen LogP) is -0.650. The van der Waals surface area contributed by atoms with Gasteiger partial charge in [-0.1, -0.05) is 0 Å². The summed E-state index contributed by atoms with van der Waals surface area (Å²) in [4.78, 5) is 12.0. The lowest BCUT2D eigenvalue weighted by Crippen LogP contribution is -2.62. The van der Waals surface area contributed by atoms with Crippen LogP contribution in [-0.2, 0) is 0 Å². The molecule has 1 unspecified atom stereocenters. The molecule has 4 heterocycles. The van der Waals surface area contributed by atoms with Crippen LogP contribution >= 0.6 is 11.8 Å². The number of thioether (sulfide) groups is 1. The lowest BCUT2D eigenvalue weighted by molar-refractivity contribution is 0.0173. The van der Waals surface area contributed by atoms with Crippen LogP contribution in [0.4, 0.5) is 0 Å². The highest BCUT2D eigenvalue weighted by molar-refractivity contribution is 7.99. The van der Waals surface area contributed by atoms with Gasteiger partial charge in [0.2, 0.25) is 0 Å². The predicted molar refractivity (Wildman–Crippen MR) is 77.2 cm³/mol. The van der Waals surface area contributed by atoms with Gasteiger partial charge in [-0.05, 0) is 0 Å². The third-order valence-electron chi connectivity index (χ3n) is 4.19. The van der Waals surface area contributed by atoms with Crippen molar-refractivity contribution in [3.63, 3.8) is 0 Å². The van der Waals surface area contributed by atoms with E-state index in [1.165, 1.54) is 44.2 Å². The Morgan fingerprint density at radius 2 is 1.83 bits per heavy atom. The van der Waals surface area contributed by atoms with E-state index in [2.05, 4.69) is 19.7 Å². The summed E-state index contributed by atoms with van der Waals surface area (Å²) in [5.74, 6) is 3.12. The molecule has 0 radical (unpaired) electrons. The first kappa shape index (κ1) is 12.6. The van der Waals surface area contributed by atoms with Crippen LogP contribution in [0.1, 0.15) is 0 Å². The number of aliphatic imine (C=N–C) groups is 1. The summed E-state index contributed by atoms with van der Waals surface area (Å²) < 4.78 is 0. The Morgan fingerprint density at radius 3 is 2.44 bits per heavy atom. The highest BCUT2D eigenvalue weighted by Gasteiger charge is 2.31. The summed E-state index contributed by atoms with van der Waals surface area (Å²) in [6, 6.07) is 0.588. The fourth-order valence-corrected chi connectivity index (χ4v) is 3.89. The van der Waals surface area contributed by atoms with E-state index in [9.17, 15) is 0 Å². The Kier molecular flexibility index (Phi) is 3.96. The zero-order chi connectivity index (χ0) is 12.4. The number of piperazine rings is 3. The summed E-state index contributed by atoms with van der Waals surface area (Å²) in [5.41, 5.74) is 6.10. The maximum atomic E-state index is 6.10. The van der Waals surface area contributed by atoms with Crippen LogP contribution in [0.25, 0.3) is 0 Å². The summed E-state index contributed by atoms with van der Waals surface area (Å²) in [7, 11) is 0. The summed E-state index contributed by atoms with van der Waals surface area (Å²) in [6.45, 7) is 9.04. The molecule has 0 aromatic rings. The standard InChI is InChI=1S/C12H23N5S/c13-12(17-5-7-18-8-6-17)14-9-11-10-15-1-3-16(11)4-2-15/h11H,1-10H2,(H2,13,14). The minimum atomic E-state index is 0.588. The number of hydrogen-bond donors (Lipinski definition) is 1. The van der Waals surface area contributed by atoms with Crippen molar-refractivity contribution in [2.24, 2.45) is 10.7 Å². The molecule has 0 saturated carbocycles. The van der Waals surface area contributed by atoms with Gasteiger partial charge in [-0.2, -0.15) is 11.8 Å². The van der Waals surface area contributed by atoms with E-state index in [-0.39, 0.29) is 0 Å². The molecule has 4 fully saturated rings. The second kappa shape index (κ2) is 5.67. The molecule has 0 aromatic heterocycles. The summed E-state index contributed by atoms with van der Waals surface area (Å²) >= 11 is 2.00. The number of nitrogens with two attached hydrogens (primary N) is 1. The Labute approximate surface area is 113 Å². The molecule has 0 aliphatic carbocycles. The number of hydrogen-bond acceptors (Lipinski definition) is 4. The van der Waals surface area contributed by atoms with Crippen LogP contribution < -0.4 is 5.73 Å². The van der Waals surface area contributed by atoms with Gasteiger partial charge in [0.1, 0.15) is 0 Å². The number of guanidine groups is 1. The maximum Gasteiger partial charge on any atom is 0.191 e. The van der Waals surface area contributed by atoms with Crippen molar-refractivity contribution in [2.75, 3.05) is 63.9 Å². The van der Waals surface area contributed by atoms with Gasteiger partial charge < -0.3 is 10.6 Å². The monoisotopic (exact) mass is 269 g/mol. The third-order valence-corrected chi connectivity index (χ3v) is 5.13. The van der Waals surface area contributed by atoms with Crippen molar-refractivity contribution in [2.45, 2.75) is 6.04 Å². The number of fused-ring (bicyclic) bond motifs is 3. The molecule has 6 heteroatoms. The normalized spacial score (nSPS) is 37.0. The van der Waals surface area contributed by atoms with Gasteiger partial charge in [-0.25, -0.2) is 0 Å². The Bertz CT molecular complexity index is 308. The molecular formula is C12H23N5S. The van der Waals surface area contributed by atoms with Crippen LogP contribution in [0, 0.1) is 0 Å².